The Morgan fingerprint density at radius 2 is 1.76 bits per heavy atom. The Bertz CT molecular complexity index is 673. The highest BCUT2D eigenvalue weighted by Crippen LogP contribution is 2.29. The van der Waals surface area contributed by atoms with Crippen molar-refractivity contribution in [1.82, 2.24) is 15.5 Å². The molecule has 2 saturated heterocycles. The largest absolute Gasteiger partial charge is 0.371 e. The van der Waals surface area contributed by atoms with Gasteiger partial charge in [-0.1, -0.05) is 11.6 Å². The first-order valence-electron chi connectivity index (χ1n) is 9.89. The van der Waals surface area contributed by atoms with Gasteiger partial charge in [0, 0.05) is 30.3 Å². The van der Waals surface area contributed by atoms with E-state index in [1.807, 2.05) is 29.2 Å². The van der Waals surface area contributed by atoms with E-state index in [-0.39, 0.29) is 30.1 Å². The fourth-order valence-electron chi connectivity index (χ4n) is 4.00. The number of nitrogens with zero attached hydrogens (tertiary/aromatic N) is 1. The molecule has 0 spiro atoms. The summed E-state index contributed by atoms with van der Waals surface area (Å²) in [6.07, 6.45) is 3.29. The molecule has 162 valence electrons. The van der Waals surface area contributed by atoms with Gasteiger partial charge in [-0.05, 0) is 69.0 Å². The Morgan fingerprint density at radius 3 is 2.34 bits per heavy atom. The number of rotatable bonds is 6. The van der Waals surface area contributed by atoms with Crippen molar-refractivity contribution in [3.63, 3.8) is 0 Å². The Morgan fingerprint density at radius 1 is 1.14 bits per heavy atom. The molecule has 2 aliphatic heterocycles. The zero-order valence-corrected chi connectivity index (χ0v) is 18.7. The van der Waals surface area contributed by atoms with Crippen LogP contribution >= 0.6 is 35.6 Å². The first kappa shape index (κ1) is 24.1. The van der Waals surface area contributed by atoms with Gasteiger partial charge in [0.2, 0.25) is 11.8 Å². The van der Waals surface area contributed by atoms with E-state index in [1.165, 1.54) is 0 Å². The number of anilines is 1. The maximum Gasteiger partial charge on any atom is 0.248 e. The minimum Gasteiger partial charge on any atom is -0.371 e. The number of carbonyl (C=O) groups excluding carboxylic acids is 2. The van der Waals surface area contributed by atoms with Gasteiger partial charge in [-0.2, -0.15) is 0 Å². The Kier molecular flexibility index (Phi) is 9.34. The first-order valence-corrected chi connectivity index (χ1v) is 10.8. The molecular formula is C20H29Cl3N4O2. The van der Waals surface area contributed by atoms with Gasteiger partial charge in [0.05, 0.1) is 0 Å². The van der Waals surface area contributed by atoms with Gasteiger partial charge in [-0.25, -0.2) is 0 Å². The van der Waals surface area contributed by atoms with Gasteiger partial charge < -0.3 is 20.9 Å². The quantitative estimate of drug-likeness (QED) is 0.567. The topological polar surface area (TPSA) is 73.5 Å². The van der Waals surface area contributed by atoms with Crippen LogP contribution in [0.25, 0.3) is 0 Å². The van der Waals surface area contributed by atoms with Crippen LogP contribution in [0.1, 0.15) is 25.7 Å². The SMILES string of the molecule is Cl.O=C(CCl)NCC1CCN(C(=O)C2(Nc3ccc(Cl)cc3)CCNCC2)CC1. The zero-order chi connectivity index (χ0) is 20.0. The van der Waals surface area contributed by atoms with E-state index in [9.17, 15) is 9.59 Å². The van der Waals surface area contributed by atoms with Crippen LogP contribution in [0.5, 0.6) is 0 Å². The molecule has 0 saturated carbocycles. The van der Waals surface area contributed by atoms with E-state index in [0.717, 1.165) is 57.5 Å². The van der Waals surface area contributed by atoms with Crippen molar-refractivity contribution in [2.45, 2.75) is 31.2 Å². The summed E-state index contributed by atoms with van der Waals surface area (Å²) in [5.74, 6) is 0.419. The van der Waals surface area contributed by atoms with E-state index in [2.05, 4.69) is 16.0 Å². The van der Waals surface area contributed by atoms with Crippen LogP contribution in [-0.4, -0.2) is 60.9 Å². The molecule has 29 heavy (non-hydrogen) atoms. The summed E-state index contributed by atoms with van der Waals surface area (Å²) in [6, 6.07) is 7.52. The summed E-state index contributed by atoms with van der Waals surface area (Å²) in [6.45, 7) is 3.70. The second-order valence-corrected chi connectivity index (χ2v) is 8.34. The highest BCUT2D eigenvalue weighted by atomic mass is 35.5. The molecule has 6 nitrogen and oxygen atoms in total. The Hall–Kier alpha value is -1.21. The second-order valence-electron chi connectivity index (χ2n) is 7.64. The molecule has 0 aliphatic carbocycles. The van der Waals surface area contributed by atoms with Crippen LogP contribution in [0, 0.1) is 5.92 Å². The molecule has 2 fully saturated rings. The highest BCUT2D eigenvalue weighted by Gasteiger charge is 2.42. The lowest BCUT2D eigenvalue weighted by Gasteiger charge is -2.43. The lowest BCUT2D eigenvalue weighted by Crippen LogP contribution is -2.60. The molecule has 3 N–H and O–H groups in total. The molecule has 1 aromatic carbocycles. The smallest absolute Gasteiger partial charge is 0.248 e. The number of likely N-dealkylation sites (tertiary alicyclic amines) is 1. The van der Waals surface area contributed by atoms with Crippen molar-refractivity contribution in [3.8, 4) is 0 Å². The molecule has 2 heterocycles. The van der Waals surface area contributed by atoms with Crippen molar-refractivity contribution in [3.05, 3.63) is 29.3 Å². The van der Waals surface area contributed by atoms with Gasteiger partial charge >= 0.3 is 0 Å². The predicted molar refractivity (Wildman–Crippen MR) is 120 cm³/mol. The molecule has 2 amide bonds. The first-order chi connectivity index (χ1) is 13.5. The summed E-state index contributed by atoms with van der Waals surface area (Å²) in [4.78, 5) is 26.8. The number of halogens is 3. The van der Waals surface area contributed by atoms with Crippen molar-refractivity contribution < 1.29 is 9.59 Å². The normalized spacial score (nSPS) is 19.2. The van der Waals surface area contributed by atoms with E-state index in [1.54, 1.807) is 0 Å². The third kappa shape index (κ3) is 6.38. The molecular weight excluding hydrogens is 435 g/mol. The van der Waals surface area contributed by atoms with Crippen LogP contribution in [0.15, 0.2) is 24.3 Å². The third-order valence-corrected chi connectivity index (χ3v) is 6.20. The fourth-order valence-corrected chi connectivity index (χ4v) is 4.22. The van der Waals surface area contributed by atoms with Crippen molar-refractivity contribution in [1.29, 1.82) is 0 Å². The summed E-state index contributed by atoms with van der Waals surface area (Å²) in [5.41, 5.74) is 0.331. The zero-order valence-electron chi connectivity index (χ0n) is 16.4. The number of benzene rings is 1. The highest BCUT2D eigenvalue weighted by molar-refractivity contribution is 6.30. The van der Waals surface area contributed by atoms with Crippen LogP contribution < -0.4 is 16.0 Å². The second kappa shape index (κ2) is 11.3. The minimum absolute atomic E-state index is 0. The summed E-state index contributed by atoms with van der Waals surface area (Å²) < 4.78 is 0. The predicted octanol–water partition coefficient (Wildman–Crippen LogP) is 2.89. The average Bonchev–Trinajstić information content (AvgIpc) is 2.74. The molecule has 9 heteroatoms. The van der Waals surface area contributed by atoms with E-state index in [4.69, 9.17) is 23.2 Å². The van der Waals surface area contributed by atoms with Crippen LogP contribution in [0.2, 0.25) is 5.02 Å². The van der Waals surface area contributed by atoms with Crippen molar-refractivity contribution in [2.75, 3.05) is 43.9 Å². The van der Waals surface area contributed by atoms with E-state index in [0.29, 0.717) is 17.5 Å². The standard InChI is InChI=1S/C20H28Cl2N4O2.ClH/c21-13-18(27)24-14-15-5-11-26(12-6-15)19(28)20(7-9-23-10-8-20)25-17-3-1-16(22)2-4-17;/h1-4,15,23,25H,5-14H2,(H,24,27);1H. The number of hydrogen-bond acceptors (Lipinski definition) is 4. The maximum atomic E-state index is 13.5. The molecule has 0 bridgehead atoms. The molecule has 1 aromatic rings. The van der Waals surface area contributed by atoms with Gasteiger partial charge in [0.25, 0.3) is 0 Å². The average molecular weight is 464 g/mol. The molecule has 0 aromatic heterocycles. The number of piperidine rings is 2. The Balaban J connectivity index is 0.00000300. The summed E-state index contributed by atoms with van der Waals surface area (Å²) >= 11 is 11.5. The maximum absolute atomic E-state index is 13.5. The fraction of sp³-hybridized carbons (Fsp3) is 0.600. The molecule has 3 rings (SSSR count). The van der Waals surface area contributed by atoms with Crippen molar-refractivity contribution in [2.24, 2.45) is 5.92 Å². The van der Waals surface area contributed by atoms with Gasteiger partial charge in [-0.3, -0.25) is 9.59 Å². The number of nitrogens with one attached hydrogen (secondary N) is 3. The lowest BCUT2D eigenvalue weighted by atomic mass is 9.85. The lowest BCUT2D eigenvalue weighted by molar-refractivity contribution is -0.138. The molecule has 0 unspecified atom stereocenters. The van der Waals surface area contributed by atoms with Crippen LogP contribution in [0.4, 0.5) is 5.69 Å². The van der Waals surface area contributed by atoms with Gasteiger partial charge in [0.15, 0.2) is 0 Å². The summed E-state index contributed by atoms with van der Waals surface area (Å²) in [5, 5.41) is 10.4. The third-order valence-electron chi connectivity index (χ3n) is 5.71. The molecule has 0 atom stereocenters. The molecule has 0 radical (unpaired) electrons. The van der Waals surface area contributed by atoms with E-state index >= 15 is 0 Å². The summed E-state index contributed by atoms with van der Waals surface area (Å²) in [7, 11) is 0. The molecule has 2 aliphatic rings. The number of hydrogen-bond donors (Lipinski definition) is 3. The van der Waals surface area contributed by atoms with Crippen LogP contribution in [0.3, 0.4) is 0 Å². The van der Waals surface area contributed by atoms with E-state index < -0.39 is 5.54 Å². The van der Waals surface area contributed by atoms with Gasteiger partial charge in [-0.15, -0.1) is 24.0 Å². The minimum atomic E-state index is -0.585. The van der Waals surface area contributed by atoms with Crippen molar-refractivity contribution >= 4 is 53.1 Å². The van der Waals surface area contributed by atoms with Gasteiger partial charge in [0.1, 0.15) is 11.4 Å². The Labute approximate surface area is 188 Å². The van der Waals surface area contributed by atoms with Crippen LogP contribution in [-0.2, 0) is 9.59 Å². The number of carbonyl (C=O) groups is 2. The monoisotopic (exact) mass is 462 g/mol. The number of amides is 2. The number of alkyl halides is 1.